The minimum Gasteiger partial charge on any atom is -0.285 e. The van der Waals surface area contributed by atoms with Crippen molar-refractivity contribution in [3.05, 3.63) is 41.1 Å². The topological polar surface area (TPSA) is 46.9 Å². The number of fused-ring (bicyclic) bond motifs is 3. The van der Waals surface area contributed by atoms with Gasteiger partial charge in [-0.05, 0) is 29.4 Å². The van der Waals surface area contributed by atoms with Crippen LogP contribution in [-0.4, -0.2) is 25.7 Å². The summed E-state index contributed by atoms with van der Waals surface area (Å²) in [6.45, 7) is 0. The second-order valence-electron chi connectivity index (χ2n) is 3.54. The van der Waals surface area contributed by atoms with Gasteiger partial charge in [0.2, 0.25) is 5.11 Å². The molecule has 1 aromatic carbocycles. The Morgan fingerprint density at radius 1 is 1.20 bits per heavy atom. The van der Waals surface area contributed by atoms with Crippen LogP contribution in [-0.2, 0) is 0 Å². The smallest absolute Gasteiger partial charge is 0.225 e. The van der Waals surface area contributed by atoms with Gasteiger partial charge in [0, 0.05) is 0 Å². The highest BCUT2D eigenvalue weighted by molar-refractivity contribution is 7.80. The van der Waals surface area contributed by atoms with Gasteiger partial charge in [-0.2, -0.15) is 5.06 Å². The molecule has 0 amide bonds. The Morgan fingerprint density at radius 3 is 2.73 bits per heavy atom. The zero-order valence-corrected chi connectivity index (χ0v) is 8.48. The predicted octanol–water partition coefficient (Wildman–Crippen LogP) is 1.76. The van der Waals surface area contributed by atoms with Crippen LogP contribution in [0.3, 0.4) is 0 Å². The lowest BCUT2D eigenvalue weighted by molar-refractivity contribution is -0.0368. The van der Waals surface area contributed by atoms with Gasteiger partial charge in [-0.1, -0.05) is 24.3 Å². The number of nitrogens with zero attached hydrogens (tertiary/aromatic N) is 2. The molecule has 2 N–H and O–H groups in total. The van der Waals surface area contributed by atoms with E-state index < -0.39 is 0 Å². The third-order valence-corrected chi connectivity index (χ3v) is 3.10. The van der Waals surface area contributed by atoms with Gasteiger partial charge in [0.1, 0.15) is 6.04 Å². The Labute approximate surface area is 91.6 Å². The third kappa shape index (κ3) is 0.995. The third-order valence-electron chi connectivity index (χ3n) is 2.74. The van der Waals surface area contributed by atoms with Crippen molar-refractivity contribution in [3.8, 4) is 0 Å². The van der Waals surface area contributed by atoms with E-state index >= 15 is 0 Å². The normalized spacial score (nSPS) is 22.9. The Bertz CT molecular complexity index is 486. The minimum absolute atomic E-state index is 0.0146. The maximum absolute atomic E-state index is 9.73. The molecular weight excluding hydrogens is 212 g/mol. The number of rotatable bonds is 0. The first-order chi connectivity index (χ1) is 7.20. The van der Waals surface area contributed by atoms with Gasteiger partial charge in [0.25, 0.3) is 0 Å². The predicted molar refractivity (Wildman–Crippen MR) is 57.0 cm³/mol. The van der Waals surface area contributed by atoms with Crippen molar-refractivity contribution in [3.63, 3.8) is 0 Å². The number of hydrogen-bond acceptors (Lipinski definition) is 3. The summed E-state index contributed by atoms with van der Waals surface area (Å²) in [5.74, 6) is 0. The van der Waals surface area contributed by atoms with Crippen molar-refractivity contribution in [2.45, 2.75) is 6.04 Å². The first-order valence-electron chi connectivity index (χ1n) is 4.52. The van der Waals surface area contributed by atoms with Crippen LogP contribution in [0.25, 0.3) is 6.08 Å². The van der Waals surface area contributed by atoms with Crippen LogP contribution in [0.2, 0.25) is 0 Å². The van der Waals surface area contributed by atoms with Gasteiger partial charge < -0.3 is 0 Å². The number of thiocarbonyl (C=S) groups is 1. The molecule has 5 heteroatoms. The molecule has 1 fully saturated rings. The van der Waals surface area contributed by atoms with Crippen LogP contribution in [0, 0.1) is 0 Å². The van der Waals surface area contributed by atoms with E-state index in [1.807, 2.05) is 30.3 Å². The van der Waals surface area contributed by atoms with Crippen LogP contribution < -0.4 is 0 Å². The van der Waals surface area contributed by atoms with E-state index in [4.69, 9.17) is 12.2 Å². The molecule has 1 aliphatic heterocycles. The molecule has 0 spiro atoms. The second kappa shape index (κ2) is 2.79. The number of benzene rings is 1. The Kier molecular flexibility index (Phi) is 1.64. The quantitative estimate of drug-likeness (QED) is 0.652. The highest BCUT2D eigenvalue weighted by Gasteiger charge is 2.43. The molecule has 0 aromatic heterocycles. The molecule has 1 atom stereocenters. The molecule has 1 heterocycles. The van der Waals surface area contributed by atoms with Crippen LogP contribution in [0.1, 0.15) is 17.2 Å². The van der Waals surface area contributed by atoms with Crippen molar-refractivity contribution in [2.75, 3.05) is 0 Å². The molecule has 15 heavy (non-hydrogen) atoms. The maximum Gasteiger partial charge on any atom is 0.225 e. The van der Waals surface area contributed by atoms with Crippen molar-refractivity contribution < 1.29 is 10.4 Å². The summed E-state index contributed by atoms with van der Waals surface area (Å²) in [5.41, 5.74) is 2.55. The molecule has 1 saturated heterocycles. The molecular formula is C10H8N2O2S. The summed E-state index contributed by atoms with van der Waals surface area (Å²) in [7, 11) is 0. The summed E-state index contributed by atoms with van der Waals surface area (Å²) in [5, 5.41) is 21.1. The van der Waals surface area contributed by atoms with Crippen molar-refractivity contribution >= 4 is 23.4 Å². The monoisotopic (exact) mass is 220 g/mol. The minimum atomic E-state index is -0.362. The summed E-state index contributed by atoms with van der Waals surface area (Å²) in [4.78, 5) is 0. The van der Waals surface area contributed by atoms with Gasteiger partial charge in [0.15, 0.2) is 0 Å². The Morgan fingerprint density at radius 2 is 1.93 bits per heavy atom. The van der Waals surface area contributed by atoms with E-state index in [1.165, 1.54) is 0 Å². The Hall–Kier alpha value is -1.43. The van der Waals surface area contributed by atoms with Crippen molar-refractivity contribution in [1.82, 2.24) is 10.1 Å². The SMILES string of the molecule is ON1C(=S)N(O)C2C1=Cc1ccccc12. The van der Waals surface area contributed by atoms with Crippen LogP contribution in [0.15, 0.2) is 30.0 Å². The largest absolute Gasteiger partial charge is 0.285 e. The number of hydroxylamine groups is 4. The highest BCUT2D eigenvalue weighted by Crippen LogP contribution is 2.43. The molecule has 76 valence electrons. The summed E-state index contributed by atoms with van der Waals surface area (Å²) < 4.78 is 0. The summed E-state index contributed by atoms with van der Waals surface area (Å²) >= 11 is 4.86. The van der Waals surface area contributed by atoms with Gasteiger partial charge in [0.05, 0.1) is 5.70 Å². The van der Waals surface area contributed by atoms with Crippen molar-refractivity contribution in [2.24, 2.45) is 0 Å². The van der Waals surface area contributed by atoms with Gasteiger partial charge >= 0.3 is 0 Å². The van der Waals surface area contributed by atoms with E-state index in [-0.39, 0.29) is 11.2 Å². The van der Waals surface area contributed by atoms with E-state index in [9.17, 15) is 10.4 Å². The fraction of sp³-hybridized carbons (Fsp3) is 0.100. The average molecular weight is 220 g/mol. The highest BCUT2D eigenvalue weighted by atomic mass is 32.1. The molecule has 1 aliphatic carbocycles. The number of hydrogen-bond donors (Lipinski definition) is 2. The zero-order chi connectivity index (χ0) is 10.6. The van der Waals surface area contributed by atoms with Crippen LogP contribution in [0.5, 0.6) is 0 Å². The molecule has 0 radical (unpaired) electrons. The fourth-order valence-corrected chi connectivity index (χ4v) is 2.25. The molecule has 0 saturated carbocycles. The molecule has 1 unspecified atom stereocenters. The standard InChI is InChI=1S/C10H8N2O2S/c13-11-8-5-6-3-1-2-4-7(6)9(8)12(14)10(11)15/h1-5,9,13-14H. The lowest BCUT2D eigenvalue weighted by Gasteiger charge is -2.15. The Balaban J connectivity index is 2.18. The molecule has 1 aromatic rings. The molecule has 3 rings (SSSR count). The van der Waals surface area contributed by atoms with E-state index in [0.29, 0.717) is 5.70 Å². The van der Waals surface area contributed by atoms with Crippen LogP contribution in [0.4, 0.5) is 0 Å². The first-order valence-corrected chi connectivity index (χ1v) is 4.92. The lowest BCUT2D eigenvalue weighted by Crippen LogP contribution is -2.27. The van der Waals surface area contributed by atoms with E-state index in [2.05, 4.69) is 0 Å². The maximum atomic E-state index is 9.73. The van der Waals surface area contributed by atoms with Gasteiger partial charge in [-0.3, -0.25) is 10.4 Å². The van der Waals surface area contributed by atoms with E-state index in [0.717, 1.165) is 21.3 Å². The van der Waals surface area contributed by atoms with Gasteiger partial charge in [-0.15, -0.1) is 0 Å². The second-order valence-corrected chi connectivity index (χ2v) is 3.90. The molecule has 4 nitrogen and oxygen atoms in total. The summed E-state index contributed by atoms with van der Waals surface area (Å²) in [6.07, 6.45) is 1.82. The zero-order valence-electron chi connectivity index (χ0n) is 7.66. The average Bonchev–Trinajstić information content (AvgIpc) is 2.72. The van der Waals surface area contributed by atoms with E-state index in [1.54, 1.807) is 0 Å². The first kappa shape index (κ1) is 8.84. The van der Waals surface area contributed by atoms with Gasteiger partial charge in [-0.25, -0.2) is 5.06 Å². The van der Waals surface area contributed by atoms with Crippen molar-refractivity contribution in [1.29, 1.82) is 0 Å². The molecule has 2 aliphatic rings. The molecule has 0 bridgehead atoms. The van der Waals surface area contributed by atoms with Crippen LogP contribution >= 0.6 is 12.2 Å². The lowest BCUT2D eigenvalue weighted by atomic mass is 10.1. The fourth-order valence-electron chi connectivity index (χ4n) is 2.04. The summed E-state index contributed by atoms with van der Waals surface area (Å²) in [6, 6.07) is 7.30.